The average Bonchev–Trinajstić information content (AvgIpc) is 2.45. The third-order valence-electron chi connectivity index (χ3n) is 3.50. The smallest absolute Gasteiger partial charge is 0.265 e. The first-order valence-corrected chi connectivity index (χ1v) is 7.60. The number of hydrogen-bond acceptors (Lipinski definition) is 2. The Balaban J connectivity index is 1.98. The zero-order chi connectivity index (χ0) is 15.0. The minimum Gasteiger partial charge on any atom is -0.482 e. The highest BCUT2D eigenvalue weighted by molar-refractivity contribution is 14.1. The maximum absolute atomic E-state index is 13.4. The van der Waals surface area contributed by atoms with E-state index in [9.17, 15) is 9.18 Å². The largest absolute Gasteiger partial charge is 0.482 e. The minimum absolute atomic E-state index is 0.0153. The molecule has 3 nitrogen and oxygen atoms in total. The van der Waals surface area contributed by atoms with Crippen molar-refractivity contribution >= 4 is 34.2 Å². The molecule has 1 heterocycles. The summed E-state index contributed by atoms with van der Waals surface area (Å²) < 4.78 is 19.9. The lowest BCUT2D eigenvalue weighted by Gasteiger charge is -2.30. The molecule has 0 saturated heterocycles. The molecular weight excluding hydrogens is 384 g/mol. The first kappa shape index (κ1) is 14.3. The molecule has 0 fully saturated rings. The van der Waals surface area contributed by atoms with E-state index in [1.807, 2.05) is 25.1 Å². The Kier molecular flexibility index (Phi) is 3.84. The first-order chi connectivity index (χ1) is 10.0. The second-order valence-electron chi connectivity index (χ2n) is 4.95. The zero-order valence-electron chi connectivity index (χ0n) is 11.4. The van der Waals surface area contributed by atoms with Crippen LogP contribution in [0.2, 0.25) is 0 Å². The van der Waals surface area contributed by atoms with Gasteiger partial charge in [-0.2, -0.15) is 0 Å². The molecule has 0 aliphatic carbocycles. The van der Waals surface area contributed by atoms with Crippen molar-refractivity contribution in [2.75, 3.05) is 11.5 Å². The minimum atomic E-state index is -0.292. The van der Waals surface area contributed by atoms with Crippen LogP contribution in [-0.4, -0.2) is 12.5 Å². The van der Waals surface area contributed by atoms with Gasteiger partial charge in [0.05, 0.1) is 12.2 Å². The number of carbonyl (C=O) groups is 1. The molecule has 5 heteroatoms. The molecular formula is C16H13FINO2. The molecule has 1 aliphatic rings. The predicted octanol–water partition coefficient (Wildman–Crippen LogP) is 3.66. The molecule has 0 saturated carbocycles. The standard InChI is InChI=1S/C16H13FINO2/c1-10-2-3-12(17)6-11(10)8-19-14-5-4-13(18)7-15(14)21-9-16(19)20/h2-7H,8-9H2,1H3. The van der Waals surface area contributed by atoms with Gasteiger partial charge in [0.2, 0.25) is 0 Å². The van der Waals surface area contributed by atoms with Gasteiger partial charge in [-0.3, -0.25) is 4.79 Å². The molecule has 3 rings (SSSR count). The van der Waals surface area contributed by atoms with Gasteiger partial charge in [-0.25, -0.2) is 4.39 Å². The van der Waals surface area contributed by atoms with Crippen molar-refractivity contribution in [3.63, 3.8) is 0 Å². The molecule has 0 atom stereocenters. The molecule has 0 spiro atoms. The van der Waals surface area contributed by atoms with E-state index < -0.39 is 0 Å². The van der Waals surface area contributed by atoms with E-state index in [4.69, 9.17) is 4.74 Å². The van der Waals surface area contributed by atoms with E-state index in [0.717, 1.165) is 20.4 Å². The number of fused-ring (bicyclic) bond motifs is 1. The molecule has 0 aromatic heterocycles. The van der Waals surface area contributed by atoms with Crippen LogP contribution in [0, 0.1) is 16.3 Å². The van der Waals surface area contributed by atoms with Crippen LogP contribution in [0.25, 0.3) is 0 Å². The fourth-order valence-corrected chi connectivity index (χ4v) is 2.80. The lowest BCUT2D eigenvalue weighted by Crippen LogP contribution is -2.38. The normalized spacial score (nSPS) is 13.9. The molecule has 1 amide bonds. The number of hydrogen-bond donors (Lipinski definition) is 0. The number of carbonyl (C=O) groups excluding carboxylic acids is 1. The van der Waals surface area contributed by atoms with Crippen molar-refractivity contribution in [2.45, 2.75) is 13.5 Å². The van der Waals surface area contributed by atoms with Gasteiger partial charge in [-0.05, 0) is 71.0 Å². The van der Waals surface area contributed by atoms with Gasteiger partial charge in [0.25, 0.3) is 5.91 Å². The lowest BCUT2D eigenvalue weighted by atomic mass is 10.1. The number of nitrogens with zero attached hydrogens (tertiary/aromatic N) is 1. The number of amides is 1. The van der Waals surface area contributed by atoms with E-state index in [0.29, 0.717) is 12.3 Å². The molecule has 0 bridgehead atoms. The molecule has 108 valence electrons. The number of benzene rings is 2. The number of anilines is 1. The molecule has 0 unspecified atom stereocenters. The van der Waals surface area contributed by atoms with Gasteiger partial charge in [0.1, 0.15) is 11.6 Å². The van der Waals surface area contributed by atoms with Gasteiger partial charge in [0.15, 0.2) is 6.61 Å². The second-order valence-corrected chi connectivity index (χ2v) is 6.20. The quantitative estimate of drug-likeness (QED) is 0.724. The molecule has 2 aromatic rings. The second kappa shape index (κ2) is 5.63. The van der Waals surface area contributed by atoms with Gasteiger partial charge in [0, 0.05) is 3.57 Å². The van der Waals surface area contributed by atoms with Gasteiger partial charge in [-0.1, -0.05) is 6.07 Å². The van der Waals surface area contributed by atoms with Crippen molar-refractivity contribution in [2.24, 2.45) is 0 Å². The summed E-state index contributed by atoms with van der Waals surface area (Å²) in [5.74, 6) is 0.280. The Bertz CT molecular complexity index is 717. The summed E-state index contributed by atoms with van der Waals surface area (Å²) in [4.78, 5) is 13.8. The summed E-state index contributed by atoms with van der Waals surface area (Å²) in [6.45, 7) is 2.27. The third-order valence-corrected chi connectivity index (χ3v) is 4.18. The van der Waals surface area contributed by atoms with Gasteiger partial charge in [-0.15, -0.1) is 0 Å². The monoisotopic (exact) mass is 397 g/mol. The van der Waals surface area contributed by atoms with E-state index in [1.165, 1.54) is 12.1 Å². The van der Waals surface area contributed by atoms with Gasteiger partial charge < -0.3 is 9.64 Å². The highest BCUT2D eigenvalue weighted by atomic mass is 127. The number of rotatable bonds is 2. The van der Waals surface area contributed by atoms with Crippen LogP contribution in [0.15, 0.2) is 36.4 Å². The topological polar surface area (TPSA) is 29.5 Å². The number of aryl methyl sites for hydroxylation is 1. The highest BCUT2D eigenvalue weighted by Gasteiger charge is 2.26. The summed E-state index contributed by atoms with van der Waals surface area (Å²) in [6, 6.07) is 10.3. The van der Waals surface area contributed by atoms with Crippen LogP contribution in [0.3, 0.4) is 0 Å². The Hall–Kier alpha value is -1.63. The van der Waals surface area contributed by atoms with Crippen molar-refractivity contribution in [3.05, 3.63) is 56.9 Å². The lowest BCUT2D eigenvalue weighted by molar-refractivity contribution is -0.121. The van der Waals surface area contributed by atoms with Crippen LogP contribution in [0.4, 0.5) is 10.1 Å². The first-order valence-electron chi connectivity index (χ1n) is 6.52. The van der Waals surface area contributed by atoms with Crippen LogP contribution in [0.5, 0.6) is 5.75 Å². The van der Waals surface area contributed by atoms with Gasteiger partial charge >= 0.3 is 0 Å². The fourth-order valence-electron chi connectivity index (χ4n) is 2.33. The molecule has 2 aromatic carbocycles. The van der Waals surface area contributed by atoms with Crippen LogP contribution in [-0.2, 0) is 11.3 Å². The molecule has 1 aliphatic heterocycles. The van der Waals surface area contributed by atoms with E-state index in [1.54, 1.807) is 11.0 Å². The highest BCUT2D eigenvalue weighted by Crippen LogP contribution is 2.34. The molecule has 21 heavy (non-hydrogen) atoms. The Morgan fingerprint density at radius 3 is 2.90 bits per heavy atom. The molecule has 0 N–H and O–H groups in total. The number of halogens is 2. The zero-order valence-corrected chi connectivity index (χ0v) is 13.6. The Morgan fingerprint density at radius 2 is 2.10 bits per heavy atom. The maximum atomic E-state index is 13.4. The maximum Gasteiger partial charge on any atom is 0.265 e. The number of ether oxygens (including phenoxy) is 1. The van der Waals surface area contributed by atoms with Crippen LogP contribution < -0.4 is 9.64 Å². The Labute approximate surface area is 135 Å². The van der Waals surface area contributed by atoms with Crippen molar-refractivity contribution in [1.29, 1.82) is 0 Å². The molecule has 0 radical (unpaired) electrons. The average molecular weight is 397 g/mol. The SMILES string of the molecule is Cc1ccc(F)cc1CN1C(=O)COc2cc(I)ccc21. The summed E-state index contributed by atoms with van der Waals surface area (Å²) in [7, 11) is 0. The third kappa shape index (κ3) is 2.88. The summed E-state index contributed by atoms with van der Waals surface area (Å²) in [5.41, 5.74) is 2.49. The summed E-state index contributed by atoms with van der Waals surface area (Å²) in [5, 5.41) is 0. The van der Waals surface area contributed by atoms with Crippen molar-refractivity contribution in [3.8, 4) is 5.75 Å². The van der Waals surface area contributed by atoms with Crippen LogP contribution in [0.1, 0.15) is 11.1 Å². The van der Waals surface area contributed by atoms with E-state index >= 15 is 0 Å². The fraction of sp³-hybridized carbons (Fsp3) is 0.188. The Morgan fingerprint density at radius 1 is 1.29 bits per heavy atom. The van der Waals surface area contributed by atoms with E-state index in [2.05, 4.69) is 22.6 Å². The summed E-state index contributed by atoms with van der Waals surface area (Å²) >= 11 is 2.20. The van der Waals surface area contributed by atoms with E-state index in [-0.39, 0.29) is 18.3 Å². The van der Waals surface area contributed by atoms with Crippen molar-refractivity contribution < 1.29 is 13.9 Å². The predicted molar refractivity (Wildman–Crippen MR) is 87.0 cm³/mol. The van der Waals surface area contributed by atoms with Crippen LogP contribution >= 0.6 is 22.6 Å². The van der Waals surface area contributed by atoms with Crippen molar-refractivity contribution in [1.82, 2.24) is 0 Å². The summed E-state index contributed by atoms with van der Waals surface area (Å²) in [6.07, 6.45) is 0.